The van der Waals surface area contributed by atoms with Gasteiger partial charge in [0.1, 0.15) is 10.8 Å². The van der Waals surface area contributed by atoms with E-state index < -0.39 is 0 Å². The molecule has 0 amide bonds. The Morgan fingerprint density at radius 3 is 2.58 bits per heavy atom. The average molecular weight is 299 g/mol. The van der Waals surface area contributed by atoms with Gasteiger partial charge in [-0.2, -0.15) is 5.10 Å². The Balaban J connectivity index is 0.00000133. The molecule has 0 saturated carbocycles. The van der Waals surface area contributed by atoms with E-state index in [9.17, 15) is 4.39 Å². The maximum absolute atomic E-state index is 12.8. The Morgan fingerprint density at radius 2 is 2.00 bits per heavy atom. The van der Waals surface area contributed by atoms with E-state index in [0.29, 0.717) is 0 Å². The Morgan fingerprint density at radius 1 is 1.32 bits per heavy atom. The molecule has 100 valence electrons. The highest BCUT2D eigenvalue weighted by Gasteiger charge is 2.11. The van der Waals surface area contributed by atoms with Gasteiger partial charge in [-0.1, -0.05) is 11.3 Å². The molecule has 0 aliphatic carbocycles. The van der Waals surface area contributed by atoms with Crippen LogP contribution in [0.2, 0.25) is 0 Å². The van der Waals surface area contributed by atoms with Crippen LogP contribution in [0.1, 0.15) is 18.0 Å². The molecule has 2 N–H and O–H groups in total. The zero-order chi connectivity index (χ0) is 12.7. The fourth-order valence-electron chi connectivity index (χ4n) is 1.66. The Bertz CT molecular complexity index is 658. The molecule has 3 rings (SSSR count). The second-order valence-electron chi connectivity index (χ2n) is 4.09. The van der Waals surface area contributed by atoms with Gasteiger partial charge in [0, 0.05) is 5.56 Å². The fourth-order valence-corrected chi connectivity index (χ4v) is 2.49. The number of rotatable bonds is 2. The topological polar surface area (TPSA) is 56.2 Å². The lowest BCUT2D eigenvalue weighted by atomic mass is 10.2. The Labute approximate surface area is 119 Å². The highest BCUT2D eigenvalue weighted by Crippen LogP contribution is 2.24. The van der Waals surface area contributed by atoms with Crippen molar-refractivity contribution in [3.63, 3.8) is 0 Å². The summed E-state index contributed by atoms with van der Waals surface area (Å²) in [5.74, 6) is -0.253. The van der Waals surface area contributed by atoms with E-state index >= 15 is 0 Å². The van der Waals surface area contributed by atoms with Crippen LogP contribution < -0.4 is 5.73 Å². The van der Waals surface area contributed by atoms with Gasteiger partial charge < -0.3 is 5.73 Å². The van der Waals surface area contributed by atoms with Gasteiger partial charge in [-0.25, -0.2) is 13.9 Å². The molecule has 3 aromatic rings. The quantitative estimate of drug-likeness (QED) is 0.791. The number of hydrogen-bond acceptors (Lipinski definition) is 4. The molecule has 2 heterocycles. The summed E-state index contributed by atoms with van der Waals surface area (Å²) in [4.78, 5) is 5.25. The van der Waals surface area contributed by atoms with Gasteiger partial charge in [0.15, 0.2) is 0 Å². The molecule has 1 aromatic carbocycles. The lowest BCUT2D eigenvalue weighted by Crippen LogP contribution is -2.04. The molecule has 0 fully saturated rings. The lowest BCUT2D eigenvalue weighted by Gasteiger charge is -1.96. The minimum atomic E-state index is -0.253. The molecule has 0 radical (unpaired) electrons. The summed E-state index contributed by atoms with van der Waals surface area (Å²) in [7, 11) is 0. The number of fused-ring (bicyclic) bond motifs is 1. The van der Waals surface area contributed by atoms with Crippen LogP contribution in [0.25, 0.3) is 16.2 Å². The molecule has 1 unspecified atom stereocenters. The van der Waals surface area contributed by atoms with E-state index in [4.69, 9.17) is 5.73 Å². The normalized spacial score (nSPS) is 12.4. The number of nitrogens with zero attached hydrogens (tertiary/aromatic N) is 3. The average Bonchev–Trinajstić information content (AvgIpc) is 2.87. The van der Waals surface area contributed by atoms with Crippen LogP contribution in [0.5, 0.6) is 0 Å². The summed E-state index contributed by atoms with van der Waals surface area (Å²) >= 11 is 1.47. The molecule has 2 aromatic heterocycles. The molecule has 0 aliphatic rings. The third-order valence-electron chi connectivity index (χ3n) is 2.59. The van der Waals surface area contributed by atoms with Gasteiger partial charge in [-0.3, -0.25) is 0 Å². The van der Waals surface area contributed by atoms with E-state index in [-0.39, 0.29) is 24.3 Å². The second kappa shape index (κ2) is 5.24. The van der Waals surface area contributed by atoms with Crippen LogP contribution >= 0.6 is 23.7 Å². The minimum absolute atomic E-state index is 0. The highest BCUT2D eigenvalue weighted by atomic mass is 35.5. The predicted octanol–water partition coefficient (Wildman–Crippen LogP) is 3.04. The first-order valence-electron chi connectivity index (χ1n) is 5.51. The van der Waals surface area contributed by atoms with Crippen molar-refractivity contribution in [3.8, 4) is 11.3 Å². The summed E-state index contributed by atoms with van der Waals surface area (Å²) in [6, 6.07) is 6.15. The Kier molecular flexibility index (Phi) is 3.84. The zero-order valence-corrected chi connectivity index (χ0v) is 11.7. The maximum Gasteiger partial charge on any atom is 0.212 e. The monoisotopic (exact) mass is 298 g/mol. The number of aromatic nitrogens is 3. The number of nitrogens with two attached hydrogens (primary N) is 1. The maximum atomic E-state index is 12.8. The summed E-state index contributed by atoms with van der Waals surface area (Å²) in [5.41, 5.74) is 7.42. The third-order valence-corrected chi connectivity index (χ3v) is 3.71. The minimum Gasteiger partial charge on any atom is -0.322 e. The number of imidazole rings is 1. The molecule has 1 atom stereocenters. The first-order chi connectivity index (χ1) is 8.63. The van der Waals surface area contributed by atoms with Gasteiger partial charge in [0.05, 0.1) is 17.9 Å². The van der Waals surface area contributed by atoms with Crippen molar-refractivity contribution >= 4 is 28.7 Å². The van der Waals surface area contributed by atoms with E-state index in [2.05, 4.69) is 10.1 Å². The molecular formula is C12H12ClFN4S. The summed E-state index contributed by atoms with van der Waals surface area (Å²) in [6.45, 7) is 1.89. The molecule has 7 heteroatoms. The van der Waals surface area contributed by atoms with E-state index in [1.165, 1.54) is 23.5 Å². The third kappa shape index (κ3) is 2.60. The molecular weight excluding hydrogens is 287 g/mol. The molecule has 4 nitrogen and oxygen atoms in total. The standard InChI is InChI=1S/C12H11FN4S.ClH/c1-7(14)11-16-17-6-10(15-12(17)18-11)8-2-4-9(13)5-3-8;/h2-7H,14H2,1H3;1H. The van der Waals surface area contributed by atoms with Crippen molar-refractivity contribution in [2.45, 2.75) is 13.0 Å². The smallest absolute Gasteiger partial charge is 0.212 e. The van der Waals surface area contributed by atoms with Gasteiger partial charge >= 0.3 is 0 Å². The van der Waals surface area contributed by atoms with E-state index in [1.54, 1.807) is 16.6 Å². The van der Waals surface area contributed by atoms with Crippen LogP contribution in [-0.4, -0.2) is 14.6 Å². The van der Waals surface area contributed by atoms with Gasteiger partial charge in [0.2, 0.25) is 4.96 Å². The van der Waals surface area contributed by atoms with Crippen molar-refractivity contribution in [1.29, 1.82) is 0 Å². The van der Waals surface area contributed by atoms with Crippen LogP contribution in [0, 0.1) is 5.82 Å². The van der Waals surface area contributed by atoms with Crippen molar-refractivity contribution < 1.29 is 4.39 Å². The second-order valence-corrected chi connectivity index (χ2v) is 5.08. The van der Waals surface area contributed by atoms with Crippen LogP contribution in [0.4, 0.5) is 4.39 Å². The van der Waals surface area contributed by atoms with Crippen molar-refractivity contribution in [1.82, 2.24) is 14.6 Å². The molecule has 0 bridgehead atoms. The van der Waals surface area contributed by atoms with Crippen LogP contribution in [0.15, 0.2) is 30.5 Å². The zero-order valence-electron chi connectivity index (χ0n) is 10.1. The van der Waals surface area contributed by atoms with Crippen molar-refractivity contribution in [2.75, 3.05) is 0 Å². The number of halogens is 2. The van der Waals surface area contributed by atoms with Crippen LogP contribution in [-0.2, 0) is 0 Å². The SMILES string of the molecule is CC(N)c1nn2cc(-c3ccc(F)cc3)nc2s1.Cl. The predicted molar refractivity (Wildman–Crippen MR) is 76.1 cm³/mol. The van der Waals surface area contributed by atoms with Crippen molar-refractivity contribution in [2.24, 2.45) is 5.73 Å². The largest absolute Gasteiger partial charge is 0.322 e. The fraction of sp³-hybridized carbons (Fsp3) is 0.167. The number of benzene rings is 1. The Hall–Kier alpha value is -1.50. The number of hydrogen-bond donors (Lipinski definition) is 1. The van der Waals surface area contributed by atoms with Gasteiger partial charge in [-0.15, -0.1) is 12.4 Å². The van der Waals surface area contributed by atoms with Crippen molar-refractivity contribution in [3.05, 3.63) is 41.3 Å². The van der Waals surface area contributed by atoms with E-state index in [0.717, 1.165) is 21.2 Å². The van der Waals surface area contributed by atoms with Crippen LogP contribution in [0.3, 0.4) is 0 Å². The van der Waals surface area contributed by atoms with Gasteiger partial charge in [0.25, 0.3) is 0 Å². The lowest BCUT2D eigenvalue weighted by molar-refractivity contribution is 0.628. The molecule has 0 spiro atoms. The first-order valence-corrected chi connectivity index (χ1v) is 6.33. The summed E-state index contributed by atoms with van der Waals surface area (Å²) in [5, 5.41) is 5.20. The molecule has 0 aliphatic heterocycles. The highest BCUT2D eigenvalue weighted by molar-refractivity contribution is 7.16. The molecule has 19 heavy (non-hydrogen) atoms. The summed E-state index contributed by atoms with van der Waals surface area (Å²) < 4.78 is 14.5. The van der Waals surface area contributed by atoms with E-state index in [1.807, 2.05) is 13.1 Å². The first kappa shape index (κ1) is 13.9. The molecule has 0 saturated heterocycles. The summed E-state index contributed by atoms with van der Waals surface area (Å²) in [6.07, 6.45) is 1.82. The van der Waals surface area contributed by atoms with Gasteiger partial charge in [-0.05, 0) is 31.2 Å².